The summed E-state index contributed by atoms with van der Waals surface area (Å²) >= 11 is 0. The summed E-state index contributed by atoms with van der Waals surface area (Å²) in [6.07, 6.45) is 1.68. The topological polar surface area (TPSA) is 83.2 Å². The van der Waals surface area contributed by atoms with E-state index < -0.39 is 29.1 Å². The van der Waals surface area contributed by atoms with Gasteiger partial charge in [-0.05, 0) is 24.5 Å². The molecule has 1 saturated carbocycles. The van der Waals surface area contributed by atoms with E-state index in [9.17, 15) is 13.2 Å². The van der Waals surface area contributed by atoms with Crippen molar-refractivity contribution in [3.8, 4) is 5.88 Å². The van der Waals surface area contributed by atoms with E-state index in [4.69, 9.17) is 15.2 Å². The summed E-state index contributed by atoms with van der Waals surface area (Å²) < 4.78 is 53.1. The minimum absolute atomic E-state index is 0.115. The highest BCUT2D eigenvalue weighted by Crippen LogP contribution is 2.50. The lowest BCUT2D eigenvalue weighted by atomic mass is 9.66. The highest BCUT2D eigenvalue weighted by atomic mass is 19.4. The van der Waals surface area contributed by atoms with Gasteiger partial charge in [0.05, 0.1) is 18.9 Å². The van der Waals surface area contributed by atoms with Gasteiger partial charge in [-0.2, -0.15) is 18.2 Å². The lowest BCUT2D eigenvalue weighted by Gasteiger charge is -2.39. The van der Waals surface area contributed by atoms with Crippen LogP contribution in [-0.4, -0.2) is 34.3 Å². The molecule has 9 heteroatoms. The van der Waals surface area contributed by atoms with Gasteiger partial charge in [0.15, 0.2) is 0 Å². The van der Waals surface area contributed by atoms with Crippen LogP contribution in [0.1, 0.15) is 48.9 Å². The molecule has 2 N–H and O–H groups in total. The number of aromatic nitrogens is 3. The Balaban J connectivity index is 1.93. The number of alkyl halides is 3. The van der Waals surface area contributed by atoms with Crippen LogP contribution >= 0.6 is 0 Å². The van der Waals surface area contributed by atoms with Gasteiger partial charge in [-0.3, -0.25) is 4.98 Å². The van der Waals surface area contributed by atoms with Crippen molar-refractivity contribution < 1.29 is 22.6 Å². The molecule has 0 unspecified atom stereocenters. The number of nitrogen functional groups attached to an aromatic ring is 1. The maximum absolute atomic E-state index is 14.2. The number of nitrogens with zero attached hydrogens (tertiary/aromatic N) is 3. The normalized spacial score (nSPS) is 19.8. The monoisotopic (exact) mass is 394 g/mol. The second-order valence-electron chi connectivity index (χ2n) is 7.27. The summed E-state index contributed by atoms with van der Waals surface area (Å²) in [6.45, 7) is 0.453. The molecule has 0 spiro atoms. The Morgan fingerprint density at radius 1 is 1.14 bits per heavy atom. The third kappa shape index (κ3) is 3.39. The molecule has 2 aromatic heterocycles. The molecule has 28 heavy (non-hydrogen) atoms. The lowest BCUT2D eigenvalue weighted by Crippen LogP contribution is -2.40. The standard InChI is InChI=1S/C19H21F3N4O2/c20-19(21,22)14-15(25-17(23)26-16(14)28-13-10-27-11-13)18(6-2-1-3-7-18)12-5-4-8-24-9-12/h4-5,8-9,13H,1-3,6-7,10-11H2,(H2,23,25,26). The molecule has 0 bridgehead atoms. The number of hydrogen-bond acceptors (Lipinski definition) is 6. The molecule has 6 nitrogen and oxygen atoms in total. The minimum atomic E-state index is -4.68. The van der Waals surface area contributed by atoms with E-state index in [0.717, 1.165) is 19.3 Å². The average molecular weight is 394 g/mol. The predicted molar refractivity (Wildman–Crippen MR) is 94.8 cm³/mol. The van der Waals surface area contributed by atoms with E-state index >= 15 is 0 Å². The quantitative estimate of drug-likeness (QED) is 0.855. The van der Waals surface area contributed by atoms with Gasteiger partial charge in [0.2, 0.25) is 11.8 Å². The fourth-order valence-corrected chi connectivity index (χ4v) is 4.05. The molecule has 0 radical (unpaired) electrons. The van der Waals surface area contributed by atoms with Crippen LogP contribution in [0, 0.1) is 0 Å². The first kappa shape index (κ1) is 18.9. The summed E-state index contributed by atoms with van der Waals surface area (Å²) in [7, 11) is 0. The molecule has 2 aromatic rings. The van der Waals surface area contributed by atoms with E-state index in [1.165, 1.54) is 0 Å². The third-order valence-electron chi connectivity index (χ3n) is 5.44. The highest BCUT2D eigenvalue weighted by Gasteiger charge is 2.48. The van der Waals surface area contributed by atoms with Crippen molar-refractivity contribution in [1.82, 2.24) is 15.0 Å². The fraction of sp³-hybridized carbons (Fsp3) is 0.526. The number of hydrogen-bond donors (Lipinski definition) is 1. The summed E-state index contributed by atoms with van der Waals surface area (Å²) in [6, 6.07) is 3.53. The predicted octanol–water partition coefficient (Wildman–Crippen LogP) is 3.50. The van der Waals surface area contributed by atoms with Gasteiger partial charge in [-0.15, -0.1) is 0 Å². The first-order valence-electron chi connectivity index (χ1n) is 9.30. The molecule has 2 aliphatic rings. The summed E-state index contributed by atoms with van der Waals surface area (Å²) in [5.74, 6) is -0.746. The Labute approximate surface area is 160 Å². The second-order valence-corrected chi connectivity index (χ2v) is 7.27. The molecule has 1 saturated heterocycles. The maximum atomic E-state index is 14.2. The highest BCUT2D eigenvalue weighted by molar-refractivity contribution is 5.47. The molecule has 1 aliphatic carbocycles. The van der Waals surface area contributed by atoms with E-state index in [1.807, 2.05) is 0 Å². The molecule has 2 fully saturated rings. The van der Waals surface area contributed by atoms with Gasteiger partial charge >= 0.3 is 6.18 Å². The van der Waals surface area contributed by atoms with Gasteiger partial charge in [-0.25, -0.2) is 4.98 Å². The summed E-state index contributed by atoms with van der Waals surface area (Å²) in [4.78, 5) is 12.1. The van der Waals surface area contributed by atoms with Gasteiger partial charge in [0.25, 0.3) is 0 Å². The zero-order valence-electron chi connectivity index (χ0n) is 15.2. The van der Waals surface area contributed by atoms with Crippen LogP contribution in [0.2, 0.25) is 0 Å². The van der Waals surface area contributed by atoms with Crippen molar-refractivity contribution >= 4 is 5.95 Å². The van der Waals surface area contributed by atoms with E-state index in [0.29, 0.717) is 18.4 Å². The first-order valence-corrected chi connectivity index (χ1v) is 9.30. The van der Waals surface area contributed by atoms with E-state index in [1.54, 1.807) is 24.5 Å². The van der Waals surface area contributed by atoms with Crippen molar-refractivity contribution in [2.75, 3.05) is 18.9 Å². The molecule has 0 aromatic carbocycles. The van der Waals surface area contributed by atoms with Crippen LogP contribution in [0.3, 0.4) is 0 Å². The van der Waals surface area contributed by atoms with Gasteiger partial charge in [-0.1, -0.05) is 25.3 Å². The fourth-order valence-electron chi connectivity index (χ4n) is 4.05. The summed E-state index contributed by atoms with van der Waals surface area (Å²) in [5, 5.41) is 0. The maximum Gasteiger partial charge on any atom is 0.423 e. The average Bonchev–Trinajstić information content (AvgIpc) is 2.64. The van der Waals surface area contributed by atoms with Crippen LogP contribution < -0.4 is 10.5 Å². The molecule has 1 aliphatic heterocycles. The van der Waals surface area contributed by atoms with Crippen LogP contribution in [-0.2, 0) is 16.3 Å². The summed E-state index contributed by atoms with van der Waals surface area (Å²) in [5.41, 5.74) is 4.55. The zero-order chi connectivity index (χ0) is 19.8. The van der Waals surface area contributed by atoms with Crippen molar-refractivity contribution in [3.05, 3.63) is 41.3 Å². The van der Waals surface area contributed by atoms with Crippen molar-refractivity contribution in [3.63, 3.8) is 0 Å². The first-order chi connectivity index (χ1) is 13.4. The number of pyridine rings is 1. The SMILES string of the molecule is Nc1nc(OC2COC2)c(C(F)(F)F)c(C2(c3cccnc3)CCCCC2)n1. The van der Waals surface area contributed by atoms with Crippen molar-refractivity contribution in [2.24, 2.45) is 0 Å². The Hall–Kier alpha value is -2.42. The Morgan fingerprint density at radius 3 is 2.46 bits per heavy atom. The number of ether oxygens (including phenoxy) is 2. The number of anilines is 1. The largest absolute Gasteiger partial charge is 0.469 e. The van der Waals surface area contributed by atoms with Crippen LogP contribution in [0.4, 0.5) is 19.1 Å². The van der Waals surface area contributed by atoms with Crippen LogP contribution in [0.5, 0.6) is 5.88 Å². The van der Waals surface area contributed by atoms with Gasteiger partial charge in [0.1, 0.15) is 11.7 Å². The van der Waals surface area contributed by atoms with Crippen molar-refractivity contribution in [1.29, 1.82) is 0 Å². The smallest absolute Gasteiger partial charge is 0.423 e. The second kappa shape index (κ2) is 7.20. The van der Waals surface area contributed by atoms with Gasteiger partial charge in [0, 0.05) is 17.8 Å². The van der Waals surface area contributed by atoms with E-state index in [2.05, 4.69) is 15.0 Å². The number of halogens is 3. The van der Waals surface area contributed by atoms with Crippen molar-refractivity contribution in [2.45, 2.75) is 49.8 Å². The van der Waals surface area contributed by atoms with Crippen LogP contribution in [0.25, 0.3) is 0 Å². The molecule has 0 atom stereocenters. The molecular formula is C19H21F3N4O2. The minimum Gasteiger partial charge on any atom is -0.469 e. The Bertz CT molecular complexity index is 835. The molecule has 150 valence electrons. The molecule has 0 amide bonds. The zero-order valence-corrected chi connectivity index (χ0v) is 15.2. The lowest BCUT2D eigenvalue weighted by molar-refractivity contribution is -0.144. The van der Waals surface area contributed by atoms with E-state index in [-0.39, 0.29) is 24.9 Å². The van der Waals surface area contributed by atoms with Gasteiger partial charge < -0.3 is 15.2 Å². The van der Waals surface area contributed by atoms with Crippen LogP contribution in [0.15, 0.2) is 24.5 Å². The number of rotatable bonds is 4. The molecule has 3 heterocycles. The Morgan fingerprint density at radius 2 is 1.89 bits per heavy atom. The molecule has 4 rings (SSSR count). The Kier molecular flexibility index (Phi) is 4.86. The number of nitrogens with two attached hydrogens (primary N) is 1. The molecular weight excluding hydrogens is 373 g/mol. The third-order valence-corrected chi connectivity index (χ3v) is 5.44.